The summed E-state index contributed by atoms with van der Waals surface area (Å²) < 4.78 is 0. The second-order valence-corrected chi connectivity index (χ2v) is 8.32. The Kier molecular flexibility index (Phi) is 3.03. The number of nitrogens with zero attached hydrogens (tertiary/aromatic N) is 4. The molecule has 1 saturated carbocycles. The maximum atomic E-state index is 11.7. The number of hydrogen-bond donors (Lipinski definition) is 0. The first-order valence-electron chi connectivity index (χ1n) is 9.21. The predicted molar refractivity (Wildman–Crippen MR) is 94.2 cm³/mol. The highest BCUT2D eigenvalue weighted by molar-refractivity contribution is 5.87. The molecular weight excluding hydrogens is 312 g/mol. The number of rotatable bonds is 2. The molecule has 5 aliphatic rings. The van der Waals surface area contributed by atoms with Crippen LogP contribution in [0.4, 0.5) is 5.82 Å². The molecule has 0 aromatic carbocycles. The van der Waals surface area contributed by atoms with E-state index >= 15 is 0 Å². The first-order valence-corrected chi connectivity index (χ1v) is 9.21. The molecule has 2 saturated heterocycles. The van der Waals surface area contributed by atoms with E-state index in [2.05, 4.69) is 23.6 Å². The van der Waals surface area contributed by atoms with Crippen molar-refractivity contribution in [3.63, 3.8) is 0 Å². The van der Waals surface area contributed by atoms with Crippen LogP contribution in [0.2, 0.25) is 0 Å². The Bertz CT molecular complexity index is 812. The SMILES string of the molecule is C=CC(=O)N1CC2(CCN(c3nc4c(cc3C#N)CC3CC4C3)C2)C1. The molecule has 3 heterocycles. The van der Waals surface area contributed by atoms with Crippen LogP contribution in [0.1, 0.15) is 42.0 Å². The molecule has 2 aliphatic heterocycles. The van der Waals surface area contributed by atoms with Gasteiger partial charge >= 0.3 is 0 Å². The molecule has 1 aromatic rings. The van der Waals surface area contributed by atoms with Gasteiger partial charge in [-0.2, -0.15) is 5.26 Å². The van der Waals surface area contributed by atoms with Crippen molar-refractivity contribution >= 4 is 11.7 Å². The van der Waals surface area contributed by atoms with Gasteiger partial charge in [-0.25, -0.2) is 4.98 Å². The topological polar surface area (TPSA) is 60.2 Å². The van der Waals surface area contributed by atoms with E-state index < -0.39 is 0 Å². The van der Waals surface area contributed by atoms with Crippen LogP contribution < -0.4 is 4.90 Å². The Morgan fingerprint density at radius 2 is 2.20 bits per heavy atom. The van der Waals surface area contributed by atoms with E-state index in [-0.39, 0.29) is 11.3 Å². The number of carbonyl (C=O) groups is 1. The number of aromatic nitrogens is 1. The van der Waals surface area contributed by atoms with Crippen molar-refractivity contribution in [3.8, 4) is 6.07 Å². The highest BCUT2D eigenvalue weighted by atomic mass is 16.2. The Morgan fingerprint density at radius 1 is 1.40 bits per heavy atom. The second kappa shape index (κ2) is 5.08. The van der Waals surface area contributed by atoms with Gasteiger partial charge in [-0.15, -0.1) is 0 Å². The van der Waals surface area contributed by atoms with E-state index in [1.54, 1.807) is 0 Å². The van der Waals surface area contributed by atoms with Crippen LogP contribution in [0.5, 0.6) is 0 Å². The lowest BCUT2D eigenvalue weighted by Crippen LogP contribution is -2.59. The van der Waals surface area contributed by atoms with Crippen molar-refractivity contribution in [1.29, 1.82) is 5.26 Å². The molecule has 0 N–H and O–H groups in total. The van der Waals surface area contributed by atoms with Crippen molar-refractivity contribution in [1.82, 2.24) is 9.88 Å². The van der Waals surface area contributed by atoms with Gasteiger partial charge < -0.3 is 9.80 Å². The van der Waals surface area contributed by atoms with Crippen LogP contribution in [0.25, 0.3) is 0 Å². The van der Waals surface area contributed by atoms with Gasteiger partial charge in [0.1, 0.15) is 11.9 Å². The summed E-state index contributed by atoms with van der Waals surface area (Å²) in [5.41, 5.74) is 3.43. The van der Waals surface area contributed by atoms with Gasteiger partial charge in [-0.05, 0) is 49.3 Å². The summed E-state index contributed by atoms with van der Waals surface area (Å²) in [5.74, 6) is 2.32. The van der Waals surface area contributed by atoms with Gasteiger partial charge in [0.2, 0.25) is 5.91 Å². The van der Waals surface area contributed by atoms with Gasteiger partial charge in [0.25, 0.3) is 0 Å². The highest BCUT2D eigenvalue weighted by Crippen LogP contribution is 2.50. The summed E-state index contributed by atoms with van der Waals surface area (Å²) in [6.45, 7) is 6.97. The van der Waals surface area contributed by atoms with Gasteiger partial charge in [0.05, 0.1) is 5.56 Å². The maximum Gasteiger partial charge on any atom is 0.245 e. The fraction of sp³-hybridized carbons (Fsp3) is 0.550. The zero-order chi connectivity index (χ0) is 17.2. The zero-order valence-corrected chi connectivity index (χ0v) is 14.4. The van der Waals surface area contributed by atoms with Crippen molar-refractivity contribution in [2.75, 3.05) is 31.1 Å². The van der Waals surface area contributed by atoms with E-state index in [9.17, 15) is 10.1 Å². The molecule has 128 valence electrons. The molecule has 5 heteroatoms. The lowest BCUT2D eigenvalue weighted by Gasteiger charge is -2.47. The highest BCUT2D eigenvalue weighted by Gasteiger charge is 2.49. The first kappa shape index (κ1) is 14.9. The molecule has 1 amide bonds. The average Bonchev–Trinajstić information content (AvgIpc) is 3.02. The lowest BCUT2D eigenvalue weighted by atomic mass is 9.64. The largest absolute Gasteiger partial charge is 0.355 e. The molecule has 6 rings (SSSR count). The summed E-state index contributed by atoms with van der Waals surface area (Å²) in [7, 11) is 0. The normalized spacial score (nSPS) is 28.0. The van der Waals surface area contributed by atoms with Crippen LogP contribution >= 0.6 is 0 Å². The summed E-state index contributed by atoms with van der Waals surface area (Å²) >= 11 is 0. The van der Waals surface area contributed by atoms with Crippen LogP contribution in [0.3, 0.4) is 0 Å². The summed E-state index contributed by atoms with van der Waals surface area (Å²) in [6.07, 6.45) is 6.09. The van der Waals surface area contributed by atoms with E-state index in [0.29, 0.717) is 5.92 Å². The smallest absolute Gasteiger partial charge is 0.245 e. The molecule has 25 heavy (non-hydrogen) atoms. The quantitative estimate of drug-likeness (QED) is 0.778. The molecule has 0 atom stereocenters. The molecule has 0 radical (unpaired) electrons. The van der Waals surface area contributed by atoms with Gasteiger partial charge in [0, 0.05) is 43.2 Å². The third kappa shape index (κ3) is 2.13. The Balaban J connectivity index is 1.40. The van der Waals surface area contributed by atoms with Crippen LogP contribution in [0, 0.1) is 22.7 Å². The predicted octanol–water partition coefficient (Wildman–Crippen LogP) is 2.23. The van der Waals surface area contributed by atoms with Crippen molar-refractivity contribution in [2.45, 2.75) is 31.6 Å². The number of amides is 1. The number of pyridine rings is 1. The summed E-state index contributed by atoms with van der Waals surface area (Å²) in [5, 5.41) is 9.62. The number of nitriles is 1. The van der Waals surface area contributed by atoms with Crippen LogP contribution in [-0.2, 0) is 11.2 Å². The molecular formula is C20H22N4O. The van der Waals surface area contributed by atoms with Crippen LogP contribution in [0.15, 0.2) is 18.7 Å². The molecule has 1 aromatic heterocycles. The molecule has 0 unspecified atom stereocenters. The molecule has 2 bridgehead atoms. The third-order valence-corrected chi connectivity index (χ3v) is 6.64. The molecule has 5 nitrogen and oxygen atoms in total. The number of carbonyl (C=O) groups excluding carboxylic acids is 1. The lowest BCUT2D eigenvalue weighted by molar-refractivity contribution is -0.136. The molecule has 3 aliphatic carbocycles. The van der Waals surface area contributed by atoms with Crippen molar-refractivity contribution < 1.29 is 4.79 Å². The fourth-order valence-electron chi connectivity index (χ4n) is 5.26. The Morgan fingerprint density at radius 3 is 2.92 bits per heavy atom. The second-order valence-electron chi connectivity index (χ2n) is 8.32. The third-order valence-electron chi connectivity index (χ3n) is 6.64. The minimum absolute atomic E-state index is 0.0215. The number of anilines is 1. The van der Waals surface area contributed by atoms with E-state index in [4.69, 9.17) is 4.98 Å². The first-order chi connectivity index (χ1) is 12.1. The summed E-state index contributed by atoms with van der Waals surface area (Å²) in [4.78, 5) is 20.8. The Hall–Kier alpha value is -2.35. The number of hydrogen-bond acceptors (Lipinski definition) is 4. The fourth-order valence-corrected chi connectivity index (χ4v) is 5.26. The average molecular weight is 334 g/mol. The maximum absolute atomic E-state index is 11.7. The van der Waals surface area contributed by atoms with Gasteiger partial charge in [0.15, 0.2) is 0 Å². The van der Waals surface area contributed by atoms with Crippen molar-refractivity contribution in [2.24, 2.45) is 11.3 Å². The summed E-state index contributed by atoms with van der Waals surface area (Å²) in [6, 6.07) is 4.46. The minimum Gasteiger partial charge on any atom is -0.355 e. The number of likely N-dealkylation sites (tertiary alicyclic amines) is 1. The minimum atomic E-state index is 0.0215. The van der Waals surface area contributed by atoms with Gasteiger partial charge in [-0.1, -0.05) is 6.58 Å². The van der Waals surface area contributed by atoms with Crippen molar-refractivity contribution in [3.05, 3.63) is 35.5 Å². The van der Waals surface area contributed by atoms with E-state index in [1.807, 2.05) is 4.90 Å². The van der Waals surface area contributed by atoms with Gasteiger partial charge in [-0.3, -0.25) is 4.79 Å². The molecule has 1 spiro atoms. The standard InChI is InChI=1S/C20H22N4O/c1-2-17(25)24-11-20(12-24)3-4-23(10-20)19-16(9-21)8-15-7-13-5-14(6-13)18(15)22-19/h2,8,13-14H,1,3-7,10-12H2. The van der Waals surface area contributed by atoms with E-state index in [1.165, 1.54) is 30.2 Å². The van der Waals surface area contributed by atoms with Crippen LogP contribution in [-0.4, -0.2) is 42.0 Å². The Labute approximate surface area is 147 Å². The van der Waals surface area contributed by atoms with E-state index in [0.717, 1.165) is 56.3 Å². The monoisotopic (exact) mass is 334 g/mol. The molecule has 3 fully saturated rings. The zero-order valence-electron chi connectivity index (χ0n) is 14.4.